The molecule has 0 saturated carbocycles. The van der Waals surface area contributed by atoms with Gasteiger partial charge in [0.1, 0.15) is 0 Å². The SMILES string of the molecule is Cn1ccc2c(c1=O)C1=C3C(=CN(c4ncc(F)cn4)C3CCN1)C=C2CS(C)(=O)=O. The van der Waals surface area contributed by atoms with Crippen molar-refractivity contribution in [2.75, 3.05) is 23.5 Å². The quantitative estimate of drug-likeness (QED) is 0.765. The summed E-state index contributed by atoms with van der Waals surface area (Å²) < 4.78 is 39.2. The van der Waals surface area contributed by atoms with E-state index in [9.17, 15) is 17.6 Å². The summed E-state index contributed by atoms with van der Waals surface area (Å²) in [4.78, 5) is 23.3. The average molecular weight is 441 g/mol. The first-order chi connectivity index (χ1) is 14.7. The third-order valence-electron chi connectivity index (χ3n) is 5.70. The molecular weight excluding hydrogens is 421 g/mol. The molecule has 1 atom stereocenters. The first kappa shape index (κ1) is 19.7. The van der Waals surface area contributed by atoms with Crippen LogP contribution in [0, 0.1) is 5.82 Å². The number of rotatable bonds is 3. The van der Waals surface area contributed by atoms with Crippen molar-refractivity contribution in [2.24, 2.45) is 7.05 Å². The van der Waals surface area contributed by atoms with Gasteiger partial charge in [-0.15, -0.1) is 0 Å². The second kappa shape index (κ2) is 6.88. The molecule has 0 bridgehead atoms. The van der Waals surface area contributed by atoms with E-state index in [0.717, 1.165) is 30.0 Å². The van der Waals surface area contributed by atoms with E-state index in [-0.39, 0.29) is 17.4 Å². The fourth-order valence-corrected chi connectivity index (χ4v) is 5.25. The molecule has 0 aromatic carbocycles. The molecule has 0 fully saturated rings. The molecule has 5 rings (SSSR count). The van der Waals surface area contributed by atoms with Gasteiger partial charge in [0.15, 0.2) is 15.7 Å². The maximum Gasteiger partial charge on any atom is 0.260 e. The number of aryl methyl sites for hydroxylation is 1. The standard InChI is InChI=1S/C21H20FN5O3S/c1-26-6-4-15-13(11-31(2,29)30)7-12-10-27(21-24-8-14(22)9-25-21)16-3-5-23-19(17(12)16)18(15)20(26)28/h4,6-10,16,23H,3,5,11H2,1-2H3. The lowest BCUT2D eigenvalue weighted by Crippen LogP contribution is -2.39. The molecule has 4 heterocycles. The van der Waals surface area contributed by atoms with Gasteiger partial charge >= 0.3 is 0 Å². The van der Waals surface area contributed by atoms with Gasteiger partial charge in [-0.05, 0) is 35.3 Å². The van der Waals surface area contributed by atoms with Crippen LogP contribution in [0.4, 0.5) is 10.3 Å². The number of allylic oxidation sites excluding steroid dienone is 1. The molecule has 31 heavy (non-hydrogen) atoms. The minimum absolute atomic E-state index is 0.150. The zero-order valence-corrected chi connectivity index (χ0v) is 17.8. The van der Waals surface area contributed by atoms with Crippen molar-refractivity contribution < 1.29 is 12.8 Å². The van der Waals surface area contributed by atoms with Crippen LogP contribution in [0.25, 0.3) is 11.3 Å². The third kappa shape index (κ3) is 3.27. The Morgan fingerprint density at radius 1 is 1.29 bits per heavy atom. The number of sulfone groups is 1. The van der Waals surface area contributed by atoms with Gasteiger partial charge < -0.3 is 14.8 Å². The third-order valence-corrected chi connectivity index (χ3v) is 6.53. The molecule has 0 amide bonds. The number of nitrogens with one attached hydrogen (secondary N) is 1. The molecule has 0 saturated heterocycles. The van der Waals surface area contributed by atoms with Crippen molar-refractivity contribution in [2.45, 2.75) is 12.5 Å². The molecule has 2 aromatic rings. The fraction of sp³-hybridized carbons (Fsp3) is 0.286. The summed E-state index contributed by atoms with van der Waals surface area (Å²) in [6.45, 7) is 0.612. The van der Waals surface area contributed by atoms with Crippen molar-refractivity contribution in [1.82, 2.24) is 19.9 Å². The Kier molecular flexibility index (Phi) is 4.37. The van der Waals surface area contributed by atoms with Gasteiger partial charge in [0.25, 0.3) is 5.56 Å². The summed E-state index contributed by atoms with van der Waals surface area (Å²) in [5.74, 6) is -0.370. The first-order valence-electron chi connectivity index (χ1n) is 9.78. The Morgan fingerprint density at radius 3 is 2.74 bits per heavy atom. The van der Waals surface area contributed by atoms with Crippen LogP contribution in [-0.2, 0) is 16.9 Å². The van der Waals surface area contributed by atoms with E-state index in [1.165, 1.54) is 10.8 Å². The lowest BCUT2D eigenvalue weighted by Gasteiger charge is -2.31. The van der Waals surface area contributed by atoms with Crippen molar-refractivity contribution in [3.05, 3.63) is 75.4 Å². The van der Waals surface area contributed by atoms with Crippen LogP contribution in [-0.4, -0.2) is 47.5 Å². The second-order valence-corrected chi connectivity index (χ2v) is 10.1. The largest absolute Gasteiger partial charge is 0.384 e. The molecule has 0 spiro atoms. The lowest BCUT2D eigenvalue weighted by atomic mass is 9.92. The maximum atomic E-state index is 13.4. The summed E-state index contributed by atoms with van der Waals surface area (Å²) in [6.07, 6.45) is 9.44. The topological polar surface area (TPSA) is 97.2 Å². The van der Waals surface area contributed by atoms with Crippen molar-refractivity contribution >= 4 is 27.1 Å². The van der Waals surface area contributed by atoms with Crippen LogP contribution < -0.4 is 15.8 Å². The molecule has 10 heteroatoms. The predicted molar refractivity (Wildman–Crippen MR) is 115 cm³/mol. The molecule has 8 nitrogen and oxygen atoms in total. The zero-order valence-electron chi connectivity index (χ0n) is 17.0. The smallest absolute Gasteiger partial charge is 0.260 e. The monoisotopic (exact) mass is 441 g/mol. The number of fused-ring (bicyclic) bond motifs is 2. The number of nitrogens with zero attached hydrogens (tertiary/aromatic N) is 4. The summed E-state index contributed by atoms with van der Waals surface area (Å²) in [6, 6.07) is 1.64. The van der Waals surface area contributed by atoms with Gasteiger partial charge in [0.05, 0.1) is 35.4 Å². The van der Waals surface area contributed by atoms with Crippen molar-refractivity contribution in [1.29, 1.82) is 0 Å². The van der Waals surface area contributed by atoms with Crippen LogP contribution in [0.3, 0.4) is 0 Å². The average Bonchev–Trinajstić information content (AvgIpc) is 3.01. The minimum Gasteiger partial charge on any atom is -0.384 e. The highest BCUT2D eigenvalue weighted by Crippen LogP contribution is 2.43. The minimum atomic E-state index is -3.35. The van der Waals surface area contributed by atoms with Crippen LogP contribution in [0.1, 0.15) is 17.5 Å². The maximum absolute atomic E-state index is 13.4. The molecule has 160 valence electrons. The van der Waals surface area contributed by atoms with Gasteiger partial charge in [-0.25, -0.2) is 22.8 Å². The van der Waals surface area contributed by atoms with E-state index >= 15 is 0 Å². The number of aromatic nitrogens is 3. The van der Waals surface area contributed by atoms with Gasteiger partial charge in [0, 0.05) is 37.8 Å². The Morgan fingerprint density at radius 2 is 2.03 bits per heavy atom. The summed E-state index contributed by atoms with van der Waals surface area (Å²) in [5.41, 5.74) is 3.81. The lowest BCUT2D eigenvalue weighted by molar-refractivity contribution is 0.603. The predicted octanol–water partition coefficient (Wildman–Crippen LogP) is 1.23. The van der Waals surface area contributed by atoms with E-state index in [2.05, 4.69) is 15.3 Å². The van der Waals surface area contributed by atoms with E-state index in [0.29, 0.717) is 34.9 Å². The van der Waals surface area contributed by atoms with E-state index in [4.69, 9.17) is 0 Å². The molecule has 3 aliphatic rings. The van der Waals surface area contributed by atoms with Crippen LogP contribution in [0.5, 0.6) is 0 Å². The molecule has 0 radical (unpaired) electrons. The highest BCUT2D eigenvalue weighted by Gasteiger charge is 2.39. The number of hydrogen-bond acceptors (Lipinski definition) is 7. The van der Waals surface area contributed by atoms with Crippen LogP contribution in [0.2, 0.25) is 0 Å². The molecule has 2 aromatic heterocycles. The Bertz CT molecular complexity index is 1360. The fourth-order valence-electron chi connectivity index (χ4n) is 4.44. The number of anilines is 1. The number of halogens is 1. The van der Waals surface area contributed by atoms with Crippen LogP contribution in [0.15, 0.2) is 52.9 Å². The number of hydrogen-bond donors (Lipinski definition) is 1. The molecule has 1 N–H and O–H groups in total. The molecule has 1 aliphatic carbocycles. The first-order valence-corrected chi connectivity index (χ1v) is 11.8. The highest BCUT2D eigenvalue weighted by atomic mass is 32.2. The Hall–Kier alpha value is -3.27. The van der Waals surface area contributed by atoms with Crippen LogP contribution >= 0.6 is 0 Å². The van der Waals surface area contributed by atoms with Gasteiger partial charge in [-0.2, -0.15) is 0 Å². The molecule has 2 aliphatic heterocycles. The van der Waals surface area contributed by atoms with Gasteiger partial charge in [0.2, 0.25) is 5.95 Å². The number of pyridine rings is 1. The Balaban J connectivity index is 1.77. The second-order valence-electron chi connectivity index (χ2n) is 7.97. The van der Waals surface area contributed by atoms with Gasteiger partial charge in [-0.1, -0.05) is 0 Å². The summed E-state index contributed by atoms with van der Waals surface area (Å²) in [7, 11) is -1.68. The van der Waals surface area contributed by atoms with Gasteiger partial charge in [-0.3, -0.25) is 4.79 Å². The molecule has 1 unspecified atom stereocenters. The van der Waals surface area contributed by atoms with Crippen molar-refractivity contribution in [3.8, 4) is 0 Å². The van der Waals surface area contributed by atoms with E-state index in [1.807, 2.05) is 17.2 Å². The Labute approximate surface area is 178 Å². The van der Waals surface area contributed by atoms with E-state index < -0.39 is 15.7 Å². The van der Waals surface area contributed by atoms with E-state index in [1.54, 1.807) is 19.3 Å². The zero-order chi connectivity index (χ0) is 21.9. The normalized spacial score (nSPS) is 19.8. The summed E-state index contributed by atoms with van der Waals surface area (Å²) >= 11 is 0. The summed E-state index contributed by atoms with van der Waals surface area (Å²) in [5, 5.41) is 3.37. The highest BCUT2D eigenvalue weighted by molar-refractivity contribution is 7.91. The van der Waals surface area contributed by atoms with Crippen molar-refractivity contribution in [3.63, 3.8) is 0 Å². The molecular formula is C21H20FN5O3S.